The molecule has 1 heterocycles. The van der Waals surface area contributed by atoms with Gasteiger partial charge in [0.15, 0.2) is 0 Å². The Balaban J connectivity index is 1.95. The summed E-state index contributed by atoms with van der Waals surface area (Å²) in [7, 11) is 0. The third-order valence-corrected chi connectivity index (χ3v) is 3.35. The van der Waals surface area contributed by atoms with Gasteiger partial charge in [0.1, 0.15) is 5.60 Å². The molecule has 0 spiro atoms. The summed E-state index contributed by atoms with van der Waals surface area (Å²) in [4.78, 5) is 14.0. The zero-order chi connectivity index (χ0) is 15.5. The number of piperidine rings is 1. The second kappa shape index (κ2) is 6.24. The number of para-hydroxylation sites is 1. The number of ether oxygens (including phenoxy) is 1. The summed E-state index contributed by atoms with van der Waals surface area (Å²) in [6.07, 6.45) is 1.60. The zero-order valence-corrected chi connectivity index (χ0v) is 13.0. The van der Waals surface area contributed by atoms with E-state index in [1.807, 2.05) is 32.9 Å². The molecule has 1 saturated heterocycles. The number of rotatable bonds is 2. The van der Waals surface area contributed by atoms with Crippen LogP contribution in [-0.2, 0) is 4.74 Å². The summed E-state index contributed by atoms with van der Waals surface area (Å²) < 4.78 is 5.31. The fourth-order valence-electron chi connectivity index (χ4n) is 2.50. The van der Waals surface area contributed by atoms with Crippen molar-refractivity contribution in [2.24, 2.45) is 0 Å². The Hall–Kier alpha value is -1.91. The van der Waals surface area contributed by atoms with E-state index in [1.54, 1.807) is 6.07 Å². The lowest BCUT2D eigenvalue weighted by Crippen LogP contribution is -2.49. The molecule has 21 heavy (non-hydrogen) atoms. The van der Waals surface area contributed by atoms with Crippen molar-refractivity contribution in [1.29, 1.82) is 0 Å². The van der Waals surface area contributed by atoms with Gasteiger partial charge >= 0.3 is 6.09 Å². The maximum Gasteiger partial charge on any atom is 0.407 e. The highest BCUT2D eigenvalue weighted by Crippen LogP contribution is 2.25. The SMILES string of the molecule is CC(C)(C)OC(=O)NC1CCCN(c2ccc[c]c2N)C1. The van der Waals surface area contributed by atoms with Crippen LogP contribution in [0.25, 0.3) is 0 Å². The predicted molar refractivity (Wildman–Crippen MR) is 84.3 cm³/mol. The maximum atomic E-state index is 11.9. The molecule has 0 bridgehead atoms. The molecule has 5 heteroatoms. The Kier molecular flexibility index (Phi) is 4.60. The smallest absolute Gasteiger partial charge is 0.407 e. The van der Waals surface area contributed by atoms with Crippen molar-refractivity contribution < 1.29 is 9.53 Å². The minimum Gasteiger partial charge on any atom is -0.444 e. The van der Waals surface area contributed by atoms with Crippen molar-refractivity contribution in [2.45, 2.75) is 45.3 Å². The molecular weight excluding hydrogens is 266 g/mol. The monoisotopic (exact) mass is 290 g/mol. The molecule has 1 aromatic carbocycles. The predicted octanol–water partition coefficient (Wildman–Crippen LogP) is 2.56. The normalized spacial score (nSPS) is 19.2. The third-order valence-electron chi connectivity index (χ3n) is 3.35. The molecule has 1 aliphatic heterocycles. The van der Waals surface area contributed by atoms with Gasteiger partial charge in [0, 0.05) is 25.2 Å². The van der Waals surface area contributed by atoms with E-state index in [4.69, 9.17) is 10.5 Å². The Bertz CT molecular complexity index is 497. The standard InChI is InChI=1S/C16H24N3O2/c1-16(2,3)21-15(20)18-12-7-6-10-19(11-12)14-9-5-4-8-13(14)17/h4-5,9,12H,6-7,10-11,17H2,1-3H3,(H,18,20). The van der Waals surface area contributed by atoms with E-state index in [1.165, 1.54) is 0 Å². The Morgan fingerprint density at radius 2 is 2.29 bits per heavy atom. The second-order valence-corrected chi connectivity index (χ2v) is 6.40. The molecule has 0 saturated carbocycles. The minimum atomic E-state index is -0.475. The lowest BCUT2D eigenvalue weighted by Gasteiger charge is -2.35. The molecule has 1 radical (unpaired) electrons. The second-order valence-electron chi connectivity index (χ2n) is 6.40. The van der Waals surface area contributed by atoms with Crippen LogP contribution in [0.1, 0.15) is 33.6 Å². The first-order valence-electron chi connectivity index (χ1n) is 7.36. The third kappa shape index (κ3) is 4.55. The molecule has 1 aromatic rings. The quantitative estimate of drug-likeness (QED) is 0.821. The van der Waals surface area contributed by atoms with Gasteiger partial charge < -0.3 is 20.7 Å². The van der Waals surface area contributed by atoms with E-state index in [9.17, 15) is 4.79 Å². The van der Waals surface area contributed by atoms with Gasteiger partial charge in [-0.1, -0.05) is 12.1 Å². The highest BCUT2D eigenvalue weighted by molar-refractivity contribution is 5.69. The highest BCUT2D eigenvalue weighted by atomic mass is 16.6. The molecule has 1 fully saturated rings. The van der Waals surface area contributed by atoms with Crippen molar-refractivity contribution >= 4 is 17.5 Å². The number of nitrogen functional groups attached to an aromatic ring is 1. The molecule has 1 aliphatic rings. The van der Waals surface area contributed by atoms with E-state index in [0.29, 0.717) is 5.69 Å². The van der Waals surface area contributed by atoms with Crippen molar-refractivity contribution in [3.63, 3.8) is 0 Å². The van der Waals surface area contributed by atoms with Crippen LogP contribution < -0.4 is 16.0 Å². The summed E-state index contributed by atoms with van der Waals surface area (Å²) in [6, 6.07) is 8.80. The largest absolute Gasteiger partial charge is 0.444 e. The Labute approximate surface area is 126 Å². The molecule has 1 unspecified atom stereocenters. The van der Waals surface area contributed by atoms with Crippen LogP contribution >= 0.6 is 0 Å². The van der Waals surface area contributed by atoms with Crippen LogP contribution in [0.2, 0.25) is 0 Å². The van der Waals surface area contributed by atoms with Gasteiger partial charge in [-0.05, 0) is 39.7 Å². The molecule has 1 amide bonds. The van der Waals surface area contributed by atoms with Crippen LogP contribution in [0.5, 0.6) is 0 Å². The summed E-state index contributed by atoms with van der Waals surface area (Å²) >= 11 is 0. The van der Waals surface area contributed by atoms with Crippen molar-refractivity contribution in [3.05, 3.63) is 24.3 Å². The number of hydrogen-bond acceptors (Lipinski definition) is 4. The van der Waals surface area contributed by atoms with E-state index in [-0.39, 0.29) is 12.1 Å². The summed E-state index contributed by atoms with van der Waals surface area (Å²) in [5.74, 6) is 0. The number of nitrogens with one attached hydrogen (secondary N) is 1. The molecule has 1 atom stereocenters. The first kappa shape index (κ1) is 15.5. The van der Waals surface area contributed by atoms with Gasteiger partial charge in [0.2, 0.25) is 0 Å². The van der Waals surface area contributed by atoms with Gasteiger partial charge in [-0.3, -0.25) is 0 Å². The van der Waals surface area contributed by atoms with E-state index < -0.39 is 5.60 Å². The van der Waals surface area contributed by atoms with E-state index in [0.717, 1.165) is 31.6 Å². The fourth-order valence-corrected chi connectivity index (χ4v) is 2.50. The van der Waals surface area contributed by atoms with Crippen molar-refractivity contribution in [1.82, 2.24) is 5.32 Å². The van der Waals surface area contributed by atoms with Gasteiger partial charge in [-0.2, -0.15) is 0 Å². The molecule has 115 valence electrons. The molecular formula is C16H24N3O2. The zero-order valence-electron chi connectivity index (χ0n) is 13.0. The van der Waals surface area contributed by atoms with Crippen molar-refractivity contribution in [2.75, 3.05) is 23.7 Å². The molecule has 2 rings (SSSR count). The molecule has 0 aromatic heterocycles. The number of benzene rings is 1. The Morgan fingerprint density at radius 3 is 2.95 bits per heavy atom. The topological polar surface area (TPSA) is 67.6 Å². The average Bonchev–Trinajstić information content (AvgIpc) is 2.37. The number of carbonyl (C=O) groups excluding carboxylic acids is 1. The summed E-state index contributed by atoms with van der Waals surface area (Å²) in [5, 5.41) is 2.94. The highest BCUT2D eigenvalue weighted by Gasteiger charge is 2.24. The van der Waals surface area contributed by atoms with Crippen molar-refractivity contribution in [3.8, 4) is 0 Å². The first-order chi connectivity index (χ1) is 9.85. The van der Waals surface area contributed by atoms with Crippen LogP contribution in [0.4, 0.5) is 16.2 Å². The van der Waals surface area contributed by atoms with Gasteiger partial charge in [-0.25, -0.2) is 4.79 Å². The first-order valence-corrected chi connectivity index (χ1v) is 7.36. The number of anilines is 2. The van der Waals surface area contributed by atoms with Crippen LogP contribution in [0.3, 0.4) is 0 Å². The number of nitrogens with zero attached hydrogens (tertiary/aromatic N) is 1. The average molecular weight is 290 g/mol. The summed E-state index contributed by atoms with van der Waals surface area (Å²) in [5.41, 5.74) is 7.13. The number of amides is 1. The van der Waals surface area contributed by atoms with Crippen LogP contribution in [0.15, 0.2) is 18.2 Å². The lowest BCUT2D eigenvalue weighted by molar-refractivity contribution is 0.0500. The number of carbonyl (C=O) groups is 1. The van der Waals surface area contributed by atoms with Crippen LogP contribution in [0, 0.1) is 6.07 Å². The van der Waals surface area contributed by atoms with Crippen LogP contribution in [-0.4, -0.2) is 30.8 Å². The Morgan fingerprint density at radius 1 is 1.52 bits per heavy atom. The van der Waals surface area contributed by atoms with E-state index in [2.05, 4.69) is 16.3 Å². The molecule has 0 aliphatic carbocycles. The van der Waals surface area contributed by atoms with Gasteiger partial charge in [0.05, 0.1) is 11.4 Å². The van der Waals surface area contributed by atoms with Gasteiger partial charge in [-0.15, -0.1) is 0 Å². The van der Waals surface area contributed by atoms with Gasteiger partial charge in [0.25, 0.3) is 0 Å². The number of alkyl carbamates (subject to hydrolysis) is 1. The maximum absolute atomic E-state index is 11.9. The number of hydrogen-bond donors (Lipinski definition) is 2. The fraction of sp³-hybridized carbons (Fsp3) is 0.562. The summed E-state index contributed by atoms with van der Waals surface area (Å²) in [6.45, 7) is 7.26. The lowest BCUT2D eigenvalue weighted by atomic mass is 10.0. The number of nitrogens with two attached hydrogens (primary N) is 1. The molecule has 3 N–H and O–H groups in total. The molecule has 5 nitrogen and oxygen atoms in total. The van der Waals surface area contributed by atoms with E-state index >= 15 is 0 Å². The minimum absolute atomic E-state index is 0.0770.